The molecule has 1 aliphatic rings. The van der Waals surface area contributed by atoms with E-state index in [4.69, 9.17) is 14.2 Å². The lowest BCUT2D eigenvalue weighted by atomic mass is 9.97. The van der Waals surface area contributed by atoms with Crippen LogP contribution in [0, 0.1) is 11.8 Å². The zero-order chi connectivity index (χ0) is 55.6. The summed E-state index contributed by atoms with van der Waals surface area (Å²) in [5, 5.41) is 18.3. The van der Waals surface area contributed by atoms with Crippen LogP contribution in [0.3, 0.4) is 0 Å². The van der Waals surface area contributed by atoms with Crippen molar-refractivity contribution in [2.45, 2.75) is 140 Å². The van der Waals surface area contributed by atoms with Crippen molar-refractivity contribution >= 4 is 71.0 Å². The molecule has 1 aromatic rings. The number of anilines is 1. The van der Waals surface area contributed by atoms with Gasteiger partial charge in [0.05, 0.1) is 45.5 Å². The molecule has 0 aromatic heterocycles. The Kier molecular flexibility index (Phi) is 42.5. The first-order chi connectivity index (χ1) is 34.1. The molecule has 1 aliphatic heterocycles. The number of esters is 1. The summed E-state index contributed by atoms with van der Waals surface area (Å²) in [4.78, 5) is 128. The second-order valence-corrected chi connectivity index (χ2v) is 16.5. The second-order valence-electron chi connectivity index (χ2n) is 16.5. The Morgan fingerprint density at radius 1 is 0.778 bits per heavy atom. The average Bonchev–Trinajstić information content (AvgIpc) is 3.57. The number of ether oxygens (including phenoxy) is 3. The van der Waals surface area contributed by atoms with Crippen molar-refractivity contribution in [1.82, 2.24) is 36.8 Å². The van der Waals surface area contributed by atoms with Gasteiger partial charge in [0.2, 0.25) is 47.8 Å². The lowest BCUT2D eigenvalue weighted by molar-refractivity contribution is -0.147. The van der Waals surface area contributed by atoms with E-state index in [-0.39, 0.29) is 131 Å². The maximum atomic E-state index is 12.8. The van der Waals surface area contributed by atoms with Crippen LogP contribution in [0.25, 0.3) is 0 Å². The Morgan fingerprint density at radius 3 is 1.86 bits per heavy atom. The smallest absolute Gasteiger partial charge is 0.303 e. The number of imide groups is 1. The van der Waals surface area contributed by atoms with Crippen LogP contribution in [-0.2, 0) is 67.0 Å². The predicted molar refractivity (Wildman–Crippen MR) is 273 cm³/mol. The highest BCUT2D eigenvalue weighted by Crippen LogP contribution is 2.20. The lowest BCUT2D eigenvalue weighted by Gasteiger charge is -2.21. The van der Waals surface area contributed by atoms with Crippen molar-refractivity contribution in [1.29, 1.82) is 0 Å². The topological polar surface area (TPSA) is 303 Å². The van der Waals surface area contributed by atoms with Gasteiger partial charge in [-0.2, -0.15) is 0 Å². The number of nitrogens with zero attached hydrogens (tertiary/aromatic N) is 1. The van der Waals surface area contributed by atoms with Crippen LogP contribution in [0.5, 0.6) is 0 Å². The highest BCUT2D eigenvalue weighted by atomic mass is 16.5. The van der Waals surface area contributed by atoms with E-state index in [1.165, 1.54) is 20.3 Å². The Balaban J connectivity index is -0.00000171. The van der Waals surface area contributed by atoms with Gasteiger partial charge in [0, 0.05) is 76.2 Å². The largest absolute Gasteiger partial charge is 0.456 e. The Hall–Kier alpha value is -6.13. The fourth-order valence-electron chi connectivity index (χ4n) is 5.72. The minimum Gasteiger partial charge on any atom is -0.456 e. The molecule has 22 nitrogen and oxygen atoms in total. The summed E-state index contributed by atoms with van der Waals surface area (Å²) < 4.78 is 16.0. The van der Waals surface area contributed by atoms with Crippen molar-refractivity contribution in [2.75, 3.05) is 71.5 Å². The molecule has 7 N–H and O–H groups in total. The molecule has 1 aromatic carbocycles. The number of Topliss-reactive ketones (excluding diaryl/α,β-unsaturated/α-hetero) is 2. The van der Waals surface area contributed by atoms with Gasteiger partial charge in [-0.05, 0) is 45.0 Å². The zero-order valence-corrected chi connectivity index (χ0v) is 45.0. The van der Waals surface area contributed by atoms with Crippen LogP contribution in [0.2, 0.25) is 0 Å². The van der Waals surface area contributed by atoms with Gasteiger partial charge in [-0.1, -0.05) is 73.9 Å². The normalized spacial score (nSPS) is 13.1. The SMILES string of the molecule is CC.CC(=O)NCC(=O)NC(C)C.CC(=O)OC(CNC(=O)CCC(NC(=O)COCCOCCNC(=O)CCN1C(=O)CC(C)C1=O)C(=O)C(C)C)c1ccc(NC=O)cc1.CCC.CCC(=O)CNC. The fourth-order valence-corrected chi connectivity index (χ4v) is 5.72. The number of carbonyl (C=O) groups excluding carboxylic acids is 11. The number of carbonyl (C=O) groups is 11. The highest BCUT2D eigenvalue weighted by Gasteiger charge is 2.35. The number of amides is 8. The summed E-state index contributed by atoms with van der Waals surface area (Å²) in [6.07, 6.45) is 1.76. The van der Waals surface area contributed by atoms with Crippen LogP contribution >= 0.6 is 0 Å². The van der Waals surface area contributed by atoms with Gasteiger partial charge < -0.3 is 51.4 Å². The Bertz CT molecular complexity index is 1790. The zero-order valence-electron chi connectivity index (χ0n) is 45.0. The predicted octanol–water partition coefficient (Wildman–Crippen LogP) is 2.67. The third-order valence-corrected chi connectivity index (χ3v) is 9.13. The van der Waals surface area contributed by atoms with Crippen LogP contribution in [0.1, 0.15) is 133 Å². The summed E-state index contributed by atoms with van der Waals surface area (Å²) >= 11 is 0. The van der Waals surface area contributed by atoms with Gasteiger partial charge in [0.25, 0.3) is 0 Å². The maximum Gasteiger partial charge on any atom is 0.303 e. The van der Waals surface area contributed by atoms with Gasteiger partial charge in [-0.15, -0.1) is 0 Å². The van der Waals surface area contributed by atoms with Crippen molar-refractivity contribution in [2.24, 2.45) is 11.8 Å². The molecule has 3 atom stereocenters. The molecule has 410 valence electrons. The third-order valence-electron chi connectivity index (χ3n) is 9.13. The molecule has 8 amide bonds. The van der Waals surface area contributed by atoms with Crippen molar-refractivity contribution < 1.29 is 67.0 Å². The van der Waals surface area contributed by atoms with Gasteiger partial charge in [0.15, 0.2) is 5.78 Å². The minimum atomic E-state index is -0.922. The van der Waals surface area contributed by atoms with E-state index in [2.05, 4.69) is 51.1 Å². The summed E-state index contributed by atoms with van der Waals surface area (Å²) in [5.41, 5.74) is 1.14. The summed E-state index contributed by atoms with van der Waals surface area (Å²) in [5.74, 6) is -3.44. The van der Waals surface area contributed by atoms with Crippen molar-refractivity contribution in [3.05, 3.63) is 29.8 Å². The number of benzene rings is 1. The minimum absolute atomic E-state index is 0.00207. The van der Waals surface area contributed by atoms with Gasteiger partial charge in [-0.3, -0.25) is 57.6 Å². The Labute approximate surface area is 426 Å². The van der Waals surface area contributed by atoms with Gasteiger partial charge >= 0.3 is 5.97 Å². The number of likely N-dealkylation sites (N-methyl/N-ethyl adjacent to an activating group) is 1. The monoisotopic (exact) mass is 1020 g/mol. The lowest BCUT2D eigenvalue weighted by Crippen LogP contribution is -2.45. The molecule has 72 heavy (non-hydrogen) atoms. The first-order valence-corrected chi connectivity index (χ1v) is 24.6. The summed E-state index contributed by atoms with van der Waals surface area (Å²) in [7, 11) is 1.77. The number of hydrogen-bond acceptors (Lipinski definition) is 15. The molecule has 22 heteroatoms. The van der Waals surface area contributed by atoms with E-state index < -0.39 is 35.8 Å². The molecule has 0 spiro atoms. The maximum absolute atomic E-state index is 12.8. The summed E-state index contributed by atoms with van der Waals surface area (Å²) in [6.45, 7) is 22.4. The van der Waals surface area contributed by atoms with E-state index in [9.17, 15) is 52.7 Å². The molecule has 1 fully saturated rings. The van der Waals surface area contributed by atoms with E-state index >= 15 is 0 Å². The van der Waals surface area contributed by atoms with E-state index in [0.717, 1.165) is 4.90 Å². The first-order valence-electron chi connectivity index (χ1n) is 24.6. The van der Waals surface area contributed by atoms with E-state index in [1.54, 1.807) is 52.1 Å². The molecule has 0 saturated carbocycles. The number of likely N-dealkylation sites (tertiary alicyclic amines) is 1. The van der Waals surface area contributed by atoms with Crippen LogP contribution < -0.4 is 37.2 Å². The van der Waals surface area contributed by atoms with E-state index in [0.29, 0.717) is 30.6 Å². The summed E-state index contributed by atoms with van der Waals surface area (Å²) in [6, 6.07) is 5.76. The van der Waals surface area contributed by atoms with Crippen LogP contribution in [0.4, 0.5) is 5.69 Å². The van der Waals surface area contributed by atoms with Crippen LogP contribution in [0.15, 0.2) is 24.3 Å². The number of ketones is 2. The molecular formula is C50H86N8O14. The van der Waals surface area contributed by atoms with Gasteiger partial charge in [-0.25, -0.2) is 0 Å². The van der Waals surface area contributed by atoms with Gasteiger partial charge in [0.1, 0.15) is 18.5 Å². The Morgan fingerprint density at radius 2 is 1.38 bits per heavy atom. The molecule has 3 unspecified atom stereocenters. The second kappa shape index (κ2) is 43.6. The molecular weight excluding hydrogens is 937 g/mol. The molecule has 1 heterocycles. The first kappa shape index (κ1) is 70.1. The molecule has 1 saturated heterocycles. The van der Waals surface area contributed by atoms with Crippen LogP contribution in [-0.4, -0.2) is 148 Å². The average molecular weight is 1020 g/mol. The molecule has 0 aliphatic carbocycles. The number of nitrogens with one attached hydrogen (secondary N) is 7. The number of hydrogen-bond donors (Lipinski definition) is 7. The molecule has 0 radical (unpaired) electrons. The quantitative estimate of drug-likeness (QED) is 0.0263. The standard InChI is InChI=1S/C33H47N5O11.C7H14N2O2.C5H11NO.C3H8.C2H6/c1-21(2)32(45)26(9-10-28(41)35-18-27(49-23(4)40)24-5-7-25(8-6-24)36-20-39)37-30(43)19-48-16-15-47-14-12-34-29(42)11-13-38-31(44)17-22(3)33(38)46;1-5(2)9-7(11)4-8-6(3)10;1-3-5(7)4-6-2;1-3-2;1-2/h5-8,20-22,26-27H,9-19H2,1-4H3,(H,34,42)(H,35,41)(H,36,39)(H,37,43);5H,4H2,1-3H3,(H,8,10)(H,9,11);6H,3-4H2,1-2H3;3H2,1-2H3;1-2H3. The molecule has 0 bridgehead atoms. The fraction of sp³-hybridized carbons (Fsp3) is 0.660. The highest BCUT2D eigenvalue weighted by molar-refractivity contribution is 6.03. The van der Waals surface area contributed by atoms with Crippen molar-refractivity contribution in [3.63, 3.8) is 0 Å². The third kappa shape index (κ3) is 36.8. The van der Waals surface area contributed by atoms with Crippen molar-refractivity contribution in [3.8, 4) is 0 Å². The molecule has 2 rings (SSSR count). The number of rotatable bonds is 29. The van der Waals surface area contributed by atoms with E-state index in [1.807, 2.05) is 34.6 Å².